The summed E-state index contributed by atoms with van der Waals surface area (Å²) >= 11 is 0. The number of guanidine groups is 1. The van der Waals surface area contributed by atoms with Crippen molar-refractivity contribution in [2.45, 2.75) is 39.3 Å². The lowest BCUT2D eigenvalue weighted by Gasteiger charge is -2.32. The predicted octanol–water partition coefficient (Wildman–Crippen LogP) is 2.39. The zero-order valence-corrected chi connectivity index (χ0v) is 18.6. The largest absolute Gasteiger partial charge is 0.496 e. The molecule has 1 amide bonds. The molecule has 1 heterocycles. The van der Waals surface area contributed by atoms with Crippen molar-refractivity contribution in [3.63, 3.8) is 0 Å². The van der Waals surface area contributed by atoms with Gasteiger partial charge in [0.2, 0.25) is 0 Å². The first-order valence-corrected chi connectivity index (χ1v) is 10.3. The van der Waals surface area contributed by atoms with Crippen molar-refractivity contribution in [3.8, 4) is 17.2 Å². The summed E-state index contributed by atoms with van der Waals surface area (Å²) in [4.78, 5) is 18.3. The molecule has 0 unspecified atom stereocenters. The van der Waals surface area contributed by atoms with E-state index < -0.39 is 0 Å². The Morgan fingerprint density at radius 3 is 2.27 bits per heavy atom. The molecule has 2 N–H and O–H groups in total. The molecule has 1 aliphatic rings. The summed E-state index contributed by atoms with van der Waals surface area (Å²) in [5.74, 6) is 2.66. The van der Waals surface area contributed by atoms with Gasteiger partial charge in [-0.3, -0.25) is 0 Å². The molecular formula is C21H34N4O5. The van der Waals surface area contributed by atoms with Crippen LogP contribution in [-0.4, -0.2) is 70.6 Å². The van der Waals surface area contributed by atoms with Crippen molar-refractivity contribution in [2.24, 2.45) is 4.99 Å². The molecule has 0 saturated carbocycles. The zero-order valence-electron chi connectivity index (χ0n) is 18.6. The summed E-state index contributed by atoms with van der Waals surface area (Å²) in [7, 11) is 4.82. The van der Waals surface area contributed by atoms with Gasteiger partial charge in [-0.2, -0.15) is 0 Å². The second-order valence-corrected chi connectivity index (χ2v) is 6.82. The van der Waals surface area contributed by atoms with E-state index in [0.717, 1.165) is 30.9 Å². The molecule has 0 radical (unpaired) electrons. The summed E-state index contributed by atoms with van der Waals surface area (Å²) in [6.07, 6.45) is 1.43. The topological polar surface area (TPSA) is 93.7 Å². The highest BCUT2D eigenvalue weighted by atomic mass is 16.6. The fourth-order valence-corrected chi connectivity index (χ4v) is 3.31. The lowest BCUT2D eigenvalue weighted by atomic mass is 10.1. The molecule has 30 heavy (non-hydrogen) atoms. The average Bonchev–Trinajstić information content (AvgIpc) is 2.77. The van der Waals surface area contributed by atoms with Gasteiger partial charge in [-0.05, 0) is 32.8 Å². The molecule has 1 fully saturated rings. The third-order valence-electron chi connectivity index (χ3n) is 4.90. The van der Waals surface area contributed by atoms with Gasteiger partial charge >= 0.3 is 6.09 Å². The molecule has 9 heteroatoms. The van der Waals surface area contributed by atoms with Crippen LogP contribution in [0.1, 0.15) is 32.3 Å². The highest BCUT2D eigenvalue weighted by Crippen LogP contribution is 2.34. The smallest absolute Gasteiger partial charge is 0.409 e. The number of carbonyl (C=O) groups excluding carboxylic acids is 1. The number of aliphatic imine (C=N–C) groups is 1. The average molecular weight is 423 g/mol. The third kappa shape index (κ3) is 6.33. The van der Waals surface area contributed by atoms with Crippen LogP contribution in [0.3, 0.4) is 0 Å². The predicted molar refractivity (Wildman–Crippen MR) is 116 cm³/mol. The van der Waals surface area contributed by atoms with Gasteiger partial charge in [0.1, 0.15) is 5.75 Å². The number of ether oxygens (including phenoxy) is 4. The van der Waals surface area contributed by atoms with E-state index in [2.05, 4.69) is 10.6 Å². The minimum atomic E-state index is -0.239. The first-order valence-electron chi connectivity index (χ1n) is 10.3. The van der Waals surface area contributed by atoms with Gasteiger partial charge in [0.05, 0.1) is 34.5 Å². The summed E-state index contributed by atoms with van der Waals surface area (Å²) in [6, 6.07) is 3.92. The van der Waals surface area contributed by atoms with E-state index in [4.69, 9.17) is 23.9 Å². The van der Waals surface area contributed by atoms with Gasteiger partial charge in [-0.15, -0.1) is 0 Å². The van der Waals surface area contributed by atoms with Crippen LogP contribution >= 0.6 is 0 Å². The highest BCUT2D eigenvalue weighted by Gasteiger charge is 2.24. The van der Waals surface area contributed by atoms with Crippen molar-refractivity contribution >= 4 is 12.1 Å². The third-order valence-corrected chi connectivity index (χ3v) is 4.90. The van der Waals surface area contributed by atoms with Gasteiger partial charge in [-0.1, -0.05) is 0 Å². The number of hydrogen-bond donors (Lipinski definition) is 2. The molecule has 1 aromatic carbocycles. The molecule has 1 aliphatic heterocycles. The maximum Gasteiger partial charge on any atom is 0.409 e. The number of hydrogen-bond acceptors (Lipinski definition) is 6. The number of rotatable bonds is 8. The number of carbonyl (C=O) groups is 1. The number of nitrogens with one attached hydrogen (secondary N) is 2. The summed E-state index contributed by atoms with van der Waals surface area (Å²) < 4.78 is 21.3. The Labute approximate surface area is 178 Å². The van der Waals surface area contributed by atoms with E-state index >= 15 is 0 Å². The molecule has 0 spiro atoms. The van der Waals surface area contributed by atoms with Crippen LogP contribution in [0, 0.1) is 0 Å². The van der Waals surface area contributed by atoms with E-state index in [9.17, 15) is 4.79 Å². The fourth-order valence-electron chi connectivity index (χ4n) is 3.31. The van der Waals surface area contributed by atoms with Crippen molar-refractivity contribution in [1.82, 2.24) is 15.5 Å². The molecule has 1 saturated heterocycles. The van der Waals surface area contributed by atoms with Gasteiger partial charge in [0.25, 0.3) is 0 Å². The molecule has 1 aromatic rings. The molecule has 9 nitrogen and oxygen atoms in total. The van der Waals surface area contributed by atoms with Gasteiger partial charge in [0, 0.05) is 37.3 Å². The maximum absolute atomic E-state index is 11.9. The van der Waals surface area contributed by atoms with Crippen LogP contribution < -0.4 is 24.8 Å². The SMILES string of the molecule is CCNC(=NCc1cc(OC)c(OC)cc1OC)NC1CCN(C(=O)OCC)CC1. The Kier molecular flexibility index (Phi) is 9.37. The van der Waals surface area contributed by atoms with Crippen molar-refractivity contribution in [3.05, 3.63) is 17.7 Å². The minimum Gasteiger partial charge on any atom is -0.496 e. The molecule has 0 bridgehead atoms. The van der Waals surface area contributed by atoms with Gasteiger partial charge in [-0.25, -0.2) is 9.79 Å². The lowest BCUT2D eigenvalue weighted by molar-refractivity contribution is 0.0963. The molecule has 0 aliphatic carbocycles. The molecular weight excluding hydrogens is 388 g/mol. The number of amides is 1. The second-order valence-electron chi connectivity index (χ2n) is 6.82. The first kappa shape index (κ1) is 23.4. The second kappa shape index (κ2) is 12.0. The monoisotopic (exact) mass is 422 g/mol. The van der Waals surface area contributed by atoms with Gasteiger partial charge in [0.15, 0.2) is 17.5 Å². The number of likely N-dealkylation sites (tertiary alicyclic amines) is 1. The maximum atomic E-state index is 11.9. The molecule has 0 aromatic heterocycles. The fraction of sp³-hybridized carbons (Fsp3) is 0.619. The van der Waals surface area contributed by atoms with Crippen molar-refractivity contribution in [2.75, 3.05) is 47.6 Å². The Hall–Kier alpha value is -2.84. The zero-order chi connectivity index (χ0) is 21.9. The lowest BCUT2D eigenvalue weighted by Crippen LogP contribution is -2.49. The Morgan fingerprint density at radius 1 is 1.07 bits per heavy atom. The highest BCUT2D eigenvalue weighted by molar-refractivity contribution is 5.80. The van der Waals surface area contributed by atoms with E-state index in [1.165, 1.54) is 0 Å². The quantitative estimate of drug-likeness (QED) is 0.491. The molecule has 168 valence electrons. The van der Waals surface area contributed by atoms with E-state index in [1.807, 2.05) is 19.9 Å². The van der Waals surface area contributed by atoms with Gasteiger partial charge < -0.3 is 34.5 Å². The number of nitrogens with zero attached hydrogens (tertiary/aromatic N) is 2. The number of methoxy groups -OCH3 is 3. The summed E-state index contributed by atoms with van der Waals surface area (Å²) in [5.41, 5.74) is 0.893. The Balaban J connectivity index is 2.04. The van der Waals surface area contributed by atoms with E-state index in [0.29, 0.717) is 43.5 Å². The van der Waals surface area contributed by atoms with Crippen LogP contribution in [0.2, 0.25) is 0 Å². The summed E-state index contributed by atoms with van der Waals surface area (Å²) in [6.45, 7) is 6.74. The number of benzene rings is 1. The van der Waals surface area contributed by atoms with Crippen LogP contribution in [-0.2, 0) is 11.3 Å². The van der Waals surface area contributed by atoms with Crippen molar-refractivity contribution < 1.29 is 23.7 Å². The van der Waals surface area contributed by atoms with Crippen LogP contribution in [0.15, 0.2) is 17.1 Å². The van der Waals surface area contributed by atoms with Crippen LogP contribution in [0.5, 0.6) is 17.2 Å². The first-order chi connectivity index (χ1) is 14.6. The van der Waals surface area contributed by atoms with Crippen LogP contribution in [0.4, 0.5) is 4.79 Å². The summed E-state index contributed by atoms with van der Waals surface area (Å²) in [5, 5.41) is 6.75. The van der Waals surface area contributed by atoms with E-state index in [-0.39, 0.29) is 12.1 Å². The van der Waals surface area contributed by atoms with Crippen molar-refractivity contribution in [1.29, 1.82) is 0 Å². The van der Waals surface area contributed by atoms with Crippen LogP contribution in [0.25, 0.3) is 0 Å². The minimum absolute atomic E-state index is 0.237. The Bertz CT molecular complexity index is 718. The van der Waals surface area contributed by atoms with E-state index in [1.54, 1.807) is 32.3 Å². The standard InChI is InChI=1S/C21H34N4O5/c1-6-22-20(24-16-8-10-25(11-9-16)21(26)30-7-2)23-14-15-12-18(28-4)19(29-5)13-17(15)27-3/h12-13,16H,6-11,14H2,1-5H3,(H2,22,23,24). The normalized spacial score (nSPS) is 14.8. The molecule has 0 atom stereocenters. The Morgan fingerprint density at radius 2 is 1.70 bits per heavy atom. The number of piperidine rings is 1. The molecule has 2 rings (SSSR count).